The number of benzene rings is 1. The number of rotatable bonds is 1. The van der Waals surface area contributed by atoms with Crippen LogP contribution in [0.25, 0.3) is 0 Å². The molecule has 1 amide bonds. The highest BCUT2D eigenvalue weighted by Gasteiger charge is 2.22. The number of hydrogen-bond donors (Lipinski definition) is 0. The van der Waals surface area contributed by atoms with Crippen LogP contribution in [0.3, 0.4) is 0 Å². The molecule has 0 N–H and O–H groups in total. The van der Waals surface area contributed by atoms with Crippen molar-refractivity contribution in [3.8, 4) is 0 Å². The molecular weight excluding hydrogens is 268 g/mol. The second kappa shape index (κ2) is 4.82. The largest absolute Gasteiger partial charge is 0.311 e. The number of amides is 1. The van der Waals surface area contributed by atoms with E-state index in [2.05, 4.69) is 0 Å². The van der Waals surface area contributed by atoms with Gasteiger partial charge in [0, 0.05) is 13.0 Å². The molecule has 16 heavy (non-hydrogen) atoms. The van der Waals surface area contributed by atoms with Gasteiger partial charge in [0.1, 0.15) is 0 Å². The van der Waals surface area contributed by atoms with E-state index >= 15 is 0 Å². The van der Waals surface area contributed by atoms with Gasteiger partial charge in [0.15, 0.2) is 0 Å². The maximum absolute atomic E-state index is 11.7. The van der Waals surface area contributed by atoms with Gasteiger partial charge in [-0.25, -0.2) is 0 Å². The second-order valence-corrected chi connectivity index (χ2v) is 4.94. The van der Waals surface area contributed by atoms with Gasteiger partial charge in [-0.1, -0.05) is 34.8 Å². The van der Waals surface area contributed by atoms with Crippen molar-refractivity contribution in [2.45, 2.75) is 19.3 Å². The Morgan fingerprint density at radius 2 is 1.69 bits per heavy atom. The summed E-state index contributed by atoms with van der Waals surface area (Å²) in [6.07, 6.45) is 2.49. The van der Waals surface area contributed by atoms with Crippen molar-refractivity contribution in [3.63, 3.8) is 0 Å². The van der Waals surface area contributed by atoms with Crippen LogP contribution in [0.15, 0.2) is 12.1 Å². The fourth-order valence-corrected chi connectivity index (χ4v) is 2.42. The van der Waals surface area contributed by atoms with Gasteiger partial charge in [-0.3, -0.25) is 4.79 Å². The quantitative estimate of drug-likeness (QED) is 0.706. The average Bonchev–Trinajstić information content (AvgIpc) is 2.25. The summed E-state index contributed by atoms with van der Waals surface area (Å²) in [7, 11) is 0. The van der Waals surface area contributed by atoms with Gasteiger partial charge < -0.3 is 4.90 Å². The first-order chi connectivity index (χ1) is 7.59. The van der Waals surface area contributed by atoms with Crippen LogP contribution in [0.2, 0.25) is 15.1 Å². The first-order valence-electron chi connectivity index (χ1n) is 5.04. The van der Waals surface area contributed by atoms with E-state index in [1.54, 1.807) is 17.0 Å². The summed E-state index contributed by atoms with van der Waals surface area (Å²) >= 11 is 17.8. The molecule has 0 unspecified atom stereocenters. The number of anilines is 1. The molecule has 0 aliphatic carbocycles. The molecule has 1 fully saturated rings. The van der Waals surface area contributed by atoms with Crippen LogP contribution < -0.4 is 4.90 Å². The molecule has 0 spiro atoms. The summed E-state index contributed by atoms with van der Waals surface area (Å²) in [5.41, 5.74) is 0.653. The Morgan fingerprint density at radius 1 is 1.00 bits per heavy atom. The Kier molecular flexibility index (Phi) is 3.63. The first kappa shape index (κ1) is 12.0. The zero-order valence-corrected chi connectivity index (χ0v) is 10.7. The van der Waals surface area contributed by atoms with Crippen molar-refractivity contribution < 1.29 is 4.79 Å². The van der Waals surface area contributed by atoms with E-state index in [4.69, 9.17) is 34.8 Å². The average molecular weight is 279 g/mol. The van der Waals surface area contributed by atoms with Crippen molar-refractivity contribution in [1.29, 1.82) is 0 Å². The number of carbonyl (C=O) groups is 1. The number of carbonyl (C=O) groups excluding carboxylic acids is 1. The lowest BCUT2D eigenvalue weighted by Crippen LogP contribution is -2.35. The van der Waals surface area contributed by atoms with Gasteiger partial charge in [-0.2, -0.15) is 0 Å². The van der Waals surface area contributed by atoms with E-state index in [1.165, 1.54) is 0 Å². The first-order valence-corrected chi connectivity index (χ1v) is 6.18. The predicted molar refractivity (Wildman–Crippen MR) is 67.7 cm³/mol. The molecule has 0 atom stereocenters. The van der Waals surface area contributed by atoms with Crippen LogP contribution in [-0.4, -0.2) is 12.5 Å². The standard InChI is InChI=1S/C11H10Cl3NO/c12-7-5-9(14)10(6-8(7)13)15-4-2-1-3-11(15)16/h5-6H,1-4H2. The highest BCUT2D eigenvalue weighted by Crippen LogP contribution is 2.35. The molecule has 1 aromatic carbocycles. The lowest BCUT2D eigenvalue weighted by atomic mass is 10.1. The van der Waals surface area contributed by atoms with Crippen LogP contribution in [0.1, 0.15) is 19.3 Å². The zero-order valence-electron chi connectivity index (χ0n) is 8.47. The molecule has 0 bridgehead atoms. The lowest BCUT2D eigenvalue weighted by Gasteiger charge is -2.27. The highest BCUT2D eigenvalue weighted by atomic mass is 35.5. The van der Waals surface area contributed by atoms with E-state index in [9.17, 15) is 4.79 Å². The third kappa shape index (κ3) is 2.29. The Balaban J connectivity index is 2.39. The number of nitrogens with zero attached hydrogens (tertiary/aromatic N) is 1. The minimum Gasteiger partial charge on any atom is -0.311 e. The zero-order chi connectivity index (χ0) is 11.7. The molecule has 0 saturated carbocycles. The highest BCUT2D eigenvalue weighted by molar-refractivity contribution is 6.44. The molecule has 0 aromatic heterocycles. The summed E-state index contributed by atoms with van der Waals surface area (Å²) in [5.74, 6) is 0.0894. The summed E-state index contributed by atoms with van der Waals surface area (Å²) in [5, 5.41) is 1.28. The summed E-state index contributed by atoms with van der Waals surface area (Å²) in [6.45, 7) is 0.691. The SMILES string of the molecule is O=C1CCCCN1c1cc(Cl)c(Cl)cc1Cl. The Morgan fingerprint density at radius 3 is 2.38 bits per heavy atom. The fourth-order valence-electron chi connectivity index (χ4n) is 1.78. The third-order valence-electron chi connectivity index (χ3n) is 2.60. The van der Waals surface area contributed by atoms with Gasteiger partial charge in [-0.15, -0.1) is 0 Å². The molecule has 1 saturated heterocycles. The van der Waals surface area contributed by atoms with Crippen molar-refractivity contribution in [3.05, 3.63) is 27.2 Å². The van der Waals surface area contributed by atoms with Crippen molar-refractivity contribution in [2.75, 3.05) is 11.4 Å². The van der Waals surface area contributed by atoms with E-state index < -0.39 is 0 Å². The second-order valence-electron chi connectivity index (χ2n) is 3.72. The van der Waals surface area contributed by atoms with Gasteiger partial charge in [0.2, 0.25) is 5.91 Å². The topological polar surface area (TPSA) is 20.3 Å². The van der Waals surface area contributed by atoms with E-state index in [0.29, 0.717) is 33.7 Å². The Labute approximate surface area is 109 Å². The third-order valence-corrected chi connectivity index (χ3v) is 3.63. The predicted octanol–water partition coefficient (Wildman–Crippen LogP) is 4.16. The molecule has 1 aliphatic rings. The normalized spacial score (nSPS) is 16.7. The Bertz CT molecular complexity index is 433. The molecule has 5 heteroatoms. The number of halogens is 3. The van der Waals surface area contributed by atoms with E-state index in [0.717, 1.165) is 12.8 Å². The summed E-state index contributed by atoms with van der Waals surface area (Å²) < 4.78 is 0. The Hall–Kier alpha value is -0.440. The van der Waals surface area contributed by atoms with E-state index in [1.807, 2.05) is 0 Å². The smallest absolute Gasteiger partial charge is 0.227 e. The molecular formula is C11H10Cl3NO. The molecule has 2 rings (SSSR count). The fraction of sp³-hybridized carbons (Fsp3) is 0.364. The summed E-state index contributed by atoms with van der Waals surface area (Å²) in [4.78, 5) is 13.4. The van der Waals surface area contributed by atoms with Crippen LogP contribution in [-0.2, 0) is 4.79 Å². The lowest BCUT2D eigenvalue weighted by molar-refractivity contribution is -0.119. The van der Waals surface area contributed by atoms with E-state index in [-0.39, 0.29) is 5.91 Å². The van der Waals surface area contributed by atoms with Gasteiger partial charge >= 0.3 is 0 Å². The van der Waals surface area contributed by atoms with Crippen molar-refractivity contribution in [1.82, 2.24) is 0 Å². The molecule has 1 heterocycles. The molecule has 2 nitrogen and oxygen atoms in total. The molecule has 1 aliphatic heterocycles. The molecule has 86 valence electrons. The molecule has 1 aromatic rings. The maximum atomic E-state index is 11.7. The minimum atomic E-state index is 0.0894. The maximum Gasteiger partial charge on any atom is 0.227 e. The van der Waals surface area contributed by atoms with Gasteiger partial charge in [-0.05, 0) is 25.0 Å². The molecule has 0 radical (unpaired) electrons. The monoisotopic (exact) mass is 277 g/mol. The van der Waals surface area contributed by atoms with Gasteiger partial charge in [0.25, 0.3) is 0 Å². The minimum absolute atomic E-state index is 0.0894. The van der Waals surface area contributed by atoms with Crippen molar-refractivity contribution >= 4 is 46.4 Å². The summed E-state index contributed by atoms with van der Waals surface area (Å²) in [6, 6.07) is 3.22. The number of piperidine rings is 1. The van der Waals surface area contributed by atoms with Gasteiger partial charge in [0.05, 0.1) is 20.8 Å². The van der Waals surface area contributed by atoms with Crippen LogP contribution in [0.5, 0.6) is 0 Å². The van der Waals surface area contributed by atoms with Crippen LogP contribution in [0, 0.1) is 0 Å². The van der Waals surface area contributed by atoms with Crippen molar-refractivity contribution in [2.24, 2.45) is 0 Å². The van der Waals surface area contributed by atoms with Crippen LogP contribution >= 0.6 is 34.8 Å². The van der Waals surface area contributed by atoms with Crippen LogP contribution in [0.4, 0.5) is 5.69 Å². The number of hydrogen-bond acceptors (Lipinski definition) is 1.